The molecule has 0 aliphatic carbocycles. The molecule has 0 aromatic heterocycles. The Labute approximate surface area is 166 Å². The Kier molecular flexibility index (Phi) is 7.99. The molecule has 0 amide bonds. The smallest absolute Gasteiger partial charge is 0.306 e. The molecule has 0 spiro atoms. The number of ether oxygens (including phenoxy) is 3. The largest absolute Gasteiger partial charge is 0.490 e. The van der Waals surface area contributed by atoms with Gasteiger partial charge in [-0.15, -0.1) is 0 Å². The maximum Gasteiger partial charge on any atom is 0.306 e. The first-order chi connectivity index (χ1) is 12.8. The Balaban J connectivity index is 1.81. The number of rotatable bonds is 9. The lowest BCUT2D eigenvalue weighted by Crippen LogP contribution is -2.25. The number of esters is 1. The van der Waals surface area contributed by atoms with Gasteiger partial charge in [0, 0.05) is 10.9 Å². The van der Waals surface area contributed by atoms with Gasteiger partial charge in [-0.2, -0.15) is 0 Å². The Morgan fingerprint density at radius 1 is 0.926 bits per heavy atom. The number of halogens is 1. The van der Waals surface area contributed by atoms with Gasteiger partial charge in [0.1, 0.15) is 18.1 Å². The normalized spacial score (nSPS) is 13.1. The number of hydrogen-bond donors (Lipinski definition) is 0. The minimum Gasteiger partial charge on any atom is -0.490 e. The van der Waals surface area contributed by atoms with Crippen LogP contribution in [0.2, 0.25) is 5.02 Å². The van der Waals surface area contributed by atoms with Crippen molar-refractivity contribution in [3.05, 3.63) is 59.1 Å². The van der Waals surface area contributed by atoms with E-state index in [-0.39, 0.29) is 24.1 Å². The summed E-state index contributed by atoms with van der Waals surface area (Å²) in [6.07, 6.45) is 0.133. The van der Waals surface area contributed by atoms with Gasteiger partial charge in [-0.1, -0.05) is 30.7 Å². The van der Waals surface area contributed by atoms with Crippen molar-refractivity contribution < 1.29 is 19.0 Å². The van der Waals surface area contributed by atoms with Crippen molar-refractivity contribution >= 4 is 17.6 Å². The Hall–Kier alpha value is -2.20. The molecule has 0 fully saturated rings. The summed E-state index contributed by atoms with van der Waals surface area (Å²) in [7, 11) is 0. The average Bonchev–Trinajstić information content (AvgIpc) is 2.61. The highest BCUT2D eigenvalue weighted by Gasteiger charge is 2.19. The number of carbonyl (C=O) groups is 1. The van der Waals surface area contributed by atoms with Crippen molar-refractivity contribution in [3.8, 4) is 11.5 Å². The Morgan fingerprint density at radius 2 is 1.52 bits per heavy atom. The molecule has 0 aliphatic rings. The molecule has 0 radical (unpaired) electrons. The Bertz CT molecular complexity index is 710. The lowest BCUT2D eigenvalue weighted by atomic mass is 10.0. The maximum absolute atomic E-state index is 11.8. The third-order valence-electron chi connectivity index (χ3n) is 4.12. The van der Waals surface area contributed by atoms with Crippen LogP contribution in [0.3, 0.4) is 0 Å². The van der Waals surface area contributed by atoms with E-state index in [4.69, 9.17) is 25.8 Å². The van der Waals surface area contributed by atoms with E-state index < -0.39 is 0 Å². The highest BCUT2D eigenvalue weighted by Crippen LogP contribution is 2.22. The van der Waals surface area contributed by atoms with Gasteiger partial charge in [-0.05, 0) is 62.7 Å². The van der Waals surface area contributed by atoms with Crippen LogP contribution in [0.5, 0.6) is 11.5 Å². The van der Waals surface area contributed by atoms with Crippen LogP contribution >= 0.6 is 11.6 Å². The molecular formula is C22H27ClO4. The van der Waals surface area contributed by atoms with Crippen molar-refractivity contribution in [1.82, 2.24) is 0 Å². The van der Waals surface area contributed by atoms with Gasteiger partial charge in [-0.3, -0.25) is 4.79 Å². The molecule has 146 valence electrons. The molecule has 2 aromatic rings. The second-order valence-electron chi connectivity index (χ2n) is 6.93. The lowest BCUT2D eigenvalue weighted by Gasteiger charge is -2.21. The molecule has 0 saturated carbocycles. The van der Waals surface area contributed by atoms with E-state index >= 15 is 0 Å². The molecule has 27 heavy (non-hydrogen) atoms. The van der Waals surface area contributed by atoms with E-state index in [9.17, 15) is 4.79 Å². The fraction of sp³-hybridized carbons (Fsp3) is 0.409. The molecular weight excluding hydrogens is 364 g/mol. The first-order valence-electron chi connectivity index (χ1n) is 9.17. The summed E-state index contributed by atoms with van der Waals surface area (Å²) in [4.78, 5) is 11.8. The lowest BCUT2D eigenvalue weighted by molar-refractivity contribution is -0.149. The topological polar surface area (TPSA) is 44.8 Å². The van der Waals surface area contributed by atoms with E-state index in [2.05, 4.69) is 0 Å². The maximum atomic E-state index is 11.8. The number of benzene rings is 2. The molecule has 0 N–H and O–H groups in total. The predicted molar refractivity (Wildman–Crippen MR) is 107 cm³/mol. The van der Waals surface area contributed by atoms with Gasteiger partial charge in [0.2, 0.25) is 0 Å². The van der Waals surface area contributed by atoms with Gasteiger partial charge < -0.3 is 14.2 Å². The van der Waals surface area contributed by atoms with Crippen molar-refractivity contribution in [1.29, 1.82) is 0 Å². The zero-order chi connectivity index (χ0) is 19.8. The molecule has 0 saturated heterocycles. The third kappa shape index (κ3) is 7.51. The fourth-order valence-corrected chi connectivity index (χ4v) is 2.56. The zero-order valence-electron chi connectivity index (χ0n) is 16.3. The summed E-state index contributed by atoms with van der Waals surface area (Å²) in [6, 6.07) is 15.0. The zero-order valence-corrected chi connectivity index (χ0v) is 17.0. The van der Waals surface area contributed by atoms with E-state index in [0.29, 0.717) is 18.1 Å². The second-order valence-corrected chi connectivity index (χ2v) is 7.37. The quantitative estimate of drug-likeness (QED) is 0.518. The SMILES string of the molecule is CC(C)OC(=O)CC(C)C(C)Oc1ccc(OCc2ccc(Cl)cc2)cc1. The highest BCUT2D eigenvalue weighted by atomic mass is 35.5. The number of hydrogen-bond acceptors (Lipinski definition) is 4. The van der Waals surface area contributed by atoms with Crippen LogP contribution in [0.15, 0.2) is 48.5 Å². The molecule has 2 rings (SSSR count). The molecule has 2 unspecified atom stereocenters. The molecule has 2 atom stereocenters. The fourth-order valence-electron chi connectivity index (χ4n) is 2.43. The average molecular weight is 391 g/mol. The molecule has 4 nitrogen and oxygen atoms in total. The van der Waals surface area contributed by atoms with Crippen LogP contribution < -0.4 is 9.47 Å². The van der Waals surface area contributed by atoms with Crippen molar-refractivity contribution in [2.45, 2.75) is 52.9 Å². The van der Waals surface area contributed by atoms with Crippen LogP contribution in [-0.2, 0) is 16.1 Å². The summed E-state index contributed by atoms with van der Waals surface area (Å²) < 4.78 is 16.9. The van der Waals surface area contributed by atoms with Crippen molar-refractivity contribution in [3.63, 3.8) is 0 Å². The highest BCUT2D eigenvalue weighted by molar-refractivity contribution is 6.30. The van der Waals surface area contributed by atoms with Crippen LogP contribution in [0.25, 0.3) is 0 Å². The van der Waals surface area contributed by atoms with Gasteiger partial charge in [-0.25, -0.2) is 0 Å². The van der Waals surface area contributed by atoms with Crippen LogP contribution in [-0.4, -0.2) is 18.2 Å². The van der Waals surface area contributed by atoms with Gasteiger partial charge >= 0.3 is 5.97 Å². The summed E-state index contributed by atoms with van der Waals surface area (Å²) in [5.74, 6) is 1.36. The van der Waals surface area contributed by atoms with E-state index in [1.807, 2.05) is 76.2 Å². The summed E-state index contributed by atoms with van der Waals surface area (Å²) >= 11 is 5.88. The van der Waals surface area contributed by atoms with Gasteiger partial charge in [0.15, 0.2) is 0 Å². The monoisotopic (exact) mass is 390 g/mol. The van der Waals surface area contributed by atoms with Crippen LogP contribution in [0, 0.1) is 5.92 Å². The first kappa shape index (κ1) is 21.1. The number of carbonyl (C=O) groups excluding carboxylic acids is 1. The summed E-state index contributed by atoms with van der Waals surface area (Å²) in [5.41, 5.74) is 1.05. The minimum atomic E-state index is -0.195. The molecule has 0 heterocycles. The molecule has 0 bridgehead atoms. The van der Waals surface area contributed by atoms with Gasteiger partial charge in [0.25, 0.3) is 0 Å². The third-order valence-corrected chi connectivity index (χ3v) is 4.37. The summed E-state index contributed by atoms with van der Waals surface area (Å²) in [6.45, 7) is 8.11. The summed E-state index contributed by atoms with van der Waals surface area (Å²) in [5, 5.41) is 0.709. The molecule has 0 aliphatic heterocycles. The standard InChI is InChI=1S/C22H27ClO4/c1-15(2)26-22(24)13-16(3)17(4)27-21-11-9-20(10-12-21)25-14-18-5-7-19(23)8-6-18/h5-12,15-17H,13-14H2,1-4H3. The predicted octanol–water partition coefficient (Wildman–Crippen LogP) is 5.66. The Morgan fingerprint density at radius 3 is 2.11 bits per heavy atom. The van der Waals surface area contributed by atoms with E-state index in [1.54, 1.807) is 0 Å². The van der Waals surface area contributed by atoms with Crippen molar-refractivity contribution in [2.24, 2.45) is 5.92 Å². The first-order valence-corrected chi connectivity index (χ1v) is 9.54. The van der Waals surface area contributed by atoms with E-state index in [1.165, 1.54) is 0 Å². The second kappa shape index (κ2) is 10.2. The molecule has 5 heteroatoms. The minimum absolute atomic E-state index is 0.0529. The van der Waals surface area contributed by atoms with Gasteiger partial charge in [0.05, 0.1) is 18.6 Å². The molecule has 2 aromatic carbocycles. The van der Waals surface area contributed by atoms with Crippen LogP contribution in [0.4, 0.5) is 0 Å². The van der Waals surface area contributed by atoms with Crippen molar-refractivity contribution in [2.75, 3.05) is 0 Å². The van der Waals surface area contributed by atoms with E-state index in [0.717, 1.165) is 17.1 Å². The van der Waals surface area contributed by atoms with Crippen LogP contribution in [0.1, 0.15) is 39.7 Å².